The van der Waals surface area contributed by atoms with Crippen LogP contribution < -0.4 is 19.5 Å². The van der Waals surface area contributed by atoms with Gasteiger partial charge in [-0.25, -0.2) is 0 Å². The zero-order chi connectivity index (χ0) is 23.1. The summed E-state index contributed by atoms with van der Waals surface area (Å²) in [4.78, 5) is 16.8. The SMILES string of the molecule is COc1ccc(N=Cc2cc(I)c(OCC(=O)Nc3ccc(C)c(Cl)c3)c(OC)c2)cc1. The molecule has 0 radical (unpaired) electrons. The number of benzene rings is 3. The number of carbonyl (C=O) groups excluding carboxylic acids is 1. The maximum Gasteiger partial charge on any atom is 0.262 e. The molecule has 0 bridgehead atoms. The van der Waals surface area contributed by atoms with Crippen molar-refractivity contribution < 1.29 is 19.0 Å². The van der Waals surface area contributed by atoms with Crippen molar-refractivity contribution >= 4 is 57.7 Å². The van der Waals surface area contributed by atoms with E-state index in [0.29, 0.717) is 22.2 Å². The number of nitrogens with zero attached hydrogens (tertiary/aromatic N) is 1. The summed E-state index contributed by atoms with van der Waals surface area (Å²) in [5.41, 5.74) is 3.19. The quantitative estimate of drug-likeness (QED) is 0.268. The maximum absolute atomic E-state index is 12.3. The molecule has 0 saturated heterocycles. The lowest BCUT2D eigenvalue weighted by Gasteiger charge is -2.14. The van der Waals surface area contributed by atoms with Gasteiger partial charge in [0.15, 0.2) is 18.1 Å². The van der Waals surface area contributed by atoms with Crippen molar-refractivity contribution in [2.24, 2.45) is 4.99 Å². The Labute approximate surface area is 205 Å². The molecule has 0 heterocycles. The van der Waals surface area contributed by atoms with Gasteiger partial charge in [0.1, 0.15) is 5.75 Å². The molecule has 0 aliphatic carbocycles. The molecule has 0 aromatic heterocycles. The number of halogens is 2. The summed E-state index contributed by atoms with van der Waals surface area (Å²) < 4.78 is 17.2. The Kier molecular flexibility index (Phi) is 8.35. The van der Waals surface area contributed by atoms with Crippen LogP contribution in [0.1, 0.15) is 11.1 Å². The number of hydrogen-bond donors (Lipinski definition) is 1. The Morgan fingerprint density at radius 2 is 1.84 bits per heavy atom. The van der Waals surface area contributed by atoms with Gasteiger partial charge in [-0.05, 0) is 89.2 Å². The van der Waals surface area contributed by atoms with Crippen molar-refractivity contribution in [1.82, 2.24) is 0 Å². The Balaban J connectivity index is 1.68. The summed E-state index contributed by atoms with van der Waals surface area (Å²) in [7, 11) is 3.18. The van der Waals surface area contributed by atoms with Crippen LogP contribution in [0.2, 0.25) is 5.02 Å². The Morgan fingerprint density at radius 1 is 1.09 bits per heavy atom. The zero-order valence-corrected chi connectivity index (χ0v) is 20.7. The first kappa shape index (κ1) is 23.9. The van der Waals surface area contributed by atoms with E-state index in [1.54, 1.807) is 32.6 Å². The molecule has 0 aliphatic rings. The first-order valence-corrected chi connectivity index (χ1v) is 11.1. The maximum atomic E-state index is 12.3. The minimum absolute atomic E-state index is 0.170. The van der Waals surface area contributed by atoms with E-state index in [1.807, 2.05) is 49.4 Å². The summed E-state index contributed by atoms with van der Waals surface area (Å²) in [6.45, 7) is 1.73. The molecule has 3 rings (SSSR count). The second-order valence-electron chi connectivity index (χ2n) is 6.79. The number of carbonyl (C=O) groups is 1. The zero-order valence-electron chi connectivity index (χ0n) is 17.8. The predicted molar refractivity (Wildman–Crippen MR) is 136 cm³/mol. The van der Waals surface area contributed by atoms with Crippen LogP contribution in [0.4, 0.5) is 11.4 Å². The van der Waals surface area contributed by atoms with Gasteiger partial charge in [-0.3, -0.25) is 9.79 Å². The van der Waals surface area contributed by atoms with E-state index in [1.165, 1.54) is 0 Å². The molecule has 32 heavy (non-hydrogen) atoms. The minimum atomic E-state index is -0.298. The first-order chi connectivity index (χ1) is 15.4. The number of aliphatic imine (C=N–C) groups is 1. The van der Waals surface area contributed by atoms with E-state index in [9.17, 15) is 4.79 Å². The van der Waals surface area contributed by atoms with Gasteiger partial charge in [-0.15, -0.1) is 0 Å². The molecule has 3 aromatic rings. The average Bonchev–Trinajstić information content (AvgIpc) is 2.79. The molecular formula is C24H22ClIN2O4. The summed E-state index contributed by atoms with van der Waals surface area (Å²) in [5, 5.41) is 3.36. The van der Waals surface area contributed by atoms with E-state index in [2.05, 4.69) is 32.9 Å². The summed E-state index contributed by atoms with van der Waals surface area (Å²) in [5.74, 6) is 1.48. The van der Waals surface area contributed by atoms with Gasteiger partial charge in [0.05, 0.1) is 23.5 Å². The topological polar surface area (TPSA) is 69.2 Å². The molecule has 8 heteroatoms. The lowest BCUT2D eigenvalue weighted by Crippen LogP contribution is -2.20. The highest BCUT2D eigenvalue weighted by Crippen LogP contribution is 2.34. The average molecular weight is 565 g/mol. The summed E-state index contributed by atoms with van der Waals surface area (Å²) in [6, 6.07) is 16.5. The number of nitrogens with one attached hydrogen (secondary N) is 1. The molecule has 0 aliphatic heterocycles. The van der Waals surface area contributed by atoms with Gasteiger partial charge in [-0.2, -0.15) is 0 Å². The van der Waals surface area contributed by atoms with Gasteiger partial charge in [-0.1, -0.05) is 17.7 Å². The van der Waals surface area contributed by atoms with Crippen molar-refractivity contribution in [3.05, 3.63) is 74.3 Å². The van der Waals surface area contributed by atoms with Crippen LogP contribution in [-0.4, -0.2) is 32.9 Å². The third kappa shape index (κ3) is 6.37. The van der Waals surface area contributed by atoms with Crippen LogP contribution in [-0.2, 0) is 4.79 Å². The molecule has 0 unspecified atom stereocenters. The second-order valence-corrected chi connectivity index (χ2v) is 8.36. The fraction of sp³-hybridized carbons (Fsp3) is 0.167. The first-order valence-electron chi connectivity index (χ1n) is 9.64. The molecule has 6 nitrogen and oxygen atoms in total. The van der Waals surface area contributed by atoms with Gasteiger partial charge in [0, 0.05) is 16.9 Å². The molecule has 1 amide bonds. The fourth-order valence-corrected chi connectivity index (χ4v) is 3.74. The number of ether oxygens (including phenoxy) is 3. The van der Waals surface area contributed by atoms with Crippen molar-refractivity contribution in [1.29, 1.82) is 0 Å². The highest BCUT2D eigenvalue weighted by atomic mass is 127. The van der Waals surface area contributed by atoms with E-state index in [4.69, 9.17) is 25.8 Å². The van der Waals surface area contributed by atoms with Gasteiger partial charge >= 0.3 is 0 Å². The lowest BCUT2D eigenvalue weighted by atomic mass is 10.2. The summed E-state index contributed by atoms with van der Waals surface area (Å²) >= 11 is 8.25. The third-order valence-electron chi connectivity index (χ3n) is 4.49. The fourth-order valence-electron chi connectivity index (χ4n) is 2.78. The minimum Gasteiger partial charge on any atom is -0.497 e. The molecule has 3 aromatic carbocycles. The van der Waals surface area contributed by atoms with Crippen LogP contribution in [0.25, 0.3) is 0 Å². The van der Waals surface area contributed by atoms with Gasteiger partial charge in [0.25, 0.3) is 5.91 Å². The lowest BCUT2D eigenvalue weighted by molar-refractivity contribution is -0.118. The van der Waals surface area contributed by atoms with E-state index in [-0.39, 0.29) is 12.5 Å². The van der Waals surface area contributed by atoms with Crippen molar-refractivity contribution in [3.8, 4) is 17.2 Å². The van der Waals surface area contributed by atoms with Crippen LogP contribution in [0.3, 0.4) is 0 Å². The molecule has 0 saturated carbocycles. The van der Waals surface area contributed by atoms with Crippen molar-refractivity contribution in [3.63, 3.8) is 0 Å². The number of hydrogen-bond acceptors (Lipinski definition) is 5. The van der Waals surface area contributed by atoms with Crippen LogP contribution in [0.15, 0.2) is 59.6 Å². The highest BCUT2D eigenvalue weighted by Gasteiger charge is 2.13. The normalized spacial score (nSPS) is 10.8. The molecule has 0 atom stereocenters. The summed E-state index contributed by atoms with van der Waals surface area (Å²) in [6.07, 6.45) is 1.74. The monoisotopic (exact) mass is 564 g/mol. The Morgan fingerprint density at radius 3 is 2.50 bits per heavy atom. The number of aryl methyl sites for hydroxylation is 1. The van der Waals surface area contributed by atoms with Crippen molar-refractivity contribution in [2.45, 2.75) is 6.92 Å². The molecule has 1 N–H and O–H groups in total. The second kappa shape index (κ2) is 11.2. The van der Waals surface area contributed by atoms with Gasteiger partial charge in [0.2, 0.25) is 0 Å². The largest absolute Gasteiger partial charge is 0.497 e. The molecule has 166 valence electrons. The van der Waals surface area contributed by atoms with Crippen LogP contribution in [0.5, 0.6) is 17.2 Å². The molecule has 0 spiro atoms. The standard InChI is InChI=1S/C24H22ClIN2O4/c1-15-4-5-18(12-20(15)25)28-23(29)14-32-24-21(26)10-16(11-22(24)31-3)13-27-17-6-8-19(30-2)9-7-17/h4-13H,14H2,1-3H3,(H,28,29). The number of amides is 1. The van der Waals surface area contributed by atoms with E-state index in [0.717, 1.165) is 26.1 Å². The van der Waals surface area contributed by atoms with Crippen LogP contribution in [0, 0.1) is 10.5 Å². The number of anilines is 1. The smallest absolute Gasteiger partial charge is 0.262 e. The molecule has 0 fully saturated rings. The third-order valence-corrected chi connectivity index (χ3v) is 5.70. The number of rotatable bonds is 8. The highest BCUT2D eigenvalue weighted by molar-refractivity contribution is 14.1. The van der Waals surface area contributed by atoms with Gasteiger partial charge < -0.3 is 19.5 Å². The molecular weight excluding hydrogens is 543 g/mol. The van der Waals surface area contributed by atoms with E-state index < -0.39 is 0 Å². The Hall–Kier alpha value is -2.78. The van der Waals surface area contributed by atoms with Crippen LogP contribution >= 0.6 is 34.2 Å². The van der Waals surface area contributed by atoms with E-state index >= 15 is 0 Å². The Bertz CT molecular complexity index is 1130. The predicted octanol–water partition coefficient (Wildman–Crippen LogP) is 6.04. The van der Waals surface area contributed by atoms with Crippen molar-refractivity contribution in [2.75, 3.05) is 26.1 Å². The number of methoxy groups -OCH3 is 2.